The number of likely N-dealkylation sites (tertiary alicyclic amines) is 1. The number of ether oxygens (including phenoxy) is 1. The number of hydrogen-bond donors (Lipinski definition) is 1. The Labute approximate surface area is 137 Å². The molecule has 1 aromatic rings. The van der Waals surface area contributed by atoms with E-state index in [9.17, 15) is 9.90 Å². The topological polar surface area (TPSA) is 49.8 Å². The Morgan fingerprint density at radius 1 is 1.43 bits per heavy atom. The Morgan fingerprint density at radius 3 is 3.00 bits per heavy atom. The molecule has 4 nitrogen and oxygen atoms in total. The van der Waals surface area contributed by atoms with Crippen LogP contribution in [-0.2, 0) is 4.74 Å². The lowest BCUT2D eigenvalue weighted by molar-refractivity contribution is -0.0437. The molecule has 1 aromatic carbocycles. The summed E-state index contributed by atoms with van der Waals surface area (Å²) in [5.41, 5.74) is 1.06. The summed E-state index contributed by atoms with van der Waals surface area (Å²) in [4.78, 5) is 13.7. The third-order valence-electron chi connectivity index (χ3n) is 5.08. The van der Waals surface area contributed by atoms with E-state index in [2.05, 4.69) is 11.8 Å². The van der Waals surface area contributed by atoms with Gasteiger partial charge in [0.1, 0.15) is 5.60 Å². The molecule has 4 heteroatoms. The van der Waals surface area contributed by atoms with Gasteiger partial charge in [0.25, 0.3) is 0 Å². The summed E-state index contributed by atoms with van der Waals surface area (Å²) >= 11 is 0. The molecule has 3 rings (SSSR count). The molecule has 1 heterocycles. The number of carbonyl (C=O) groups is 1. The zero-order valence-corrected chi connectivity index (χ0v) is 13.7. The Balaban J connectivity index is 1.84. The van der Waals surface area contributed by atoms with E-state index in [4.69, 9.17) is 4.74 Å². The number of methoxy groups -OCH3 is 1. The van der Waals surface area contributed by atoms with Crippen molar-refractivity contribution in [3.63, 3.8) is 0 Å². The molecule has 1 aliphatic carbocycles. The molecule has 0 spiro atoms. The smallest absolute Gasteiger partial charge is 0.409 e. The summed E-state index contributed by atoms with van der Waals surface area (Å²) in [5, 5.41) is 11.1. The molecular formula is C19H23NO3. The quantitative estimate of drug-likeness (QED) is 0.749. The summed E-state index contributed by atoms with van der Waals surface area (Å²) in [6, 6.07) is 8.02. The van der Waals surface area contributed by atoms with Gasteiger partial charge in [0.15, 0.2) is 0 Å². The van der Waals surface area contributed by atoms with Crippen LogP contribution < -0.4 is 0 Å². The van der Waals surface area contributed by atoms with Crippen LogP contribution >= 0.6 is 0 Å². The Hall–Kier alpha value is -1.99. The van der Waals surface area contributed by atoms with Gasteiger partial charge in [0.05, 0.1) is 7.11 Å². The Morgan fingerprint density at radius 2 is 2.26 bits per heavy atom. The number of hydrogen-bond acceptors (Lipinski definition) is 3. The van der Waals surface area contributed by atoms with E-state index in [1.54, 1.807) is 4.90 Å². The minimum absolute atomic E-state index is 0.00709. The van der Waals surface area contributed by atoms with Crippen LogP contribution in [0, 0.1) is 24.7 Å². The Kier molecular flexibility index (Phi) is 4.32. The fourth-order valence-electron chi connectivity index (χ4n) is 3.92. The molecule has 2 aliphatic rings. The molecule has 0 aromatic heterocycles. The molecular weight excluding hydrogens is 290 g/mol. The Bertz CT molecular complexity index is 660. The lowest BCUT2D eigenvalue weighted by Crippen LogP contribution is -2.56. The number of benzene rings is 1. The first kappa shape index (κ1) is 15.9. The van der Waals surface area contributed by atoms with Crippen LogP contribution in [0.4, 0.5) is 4.79 Å². The van der Waals surface area contributed by atoms with Crippen LogP contribution in [0.5, 0.6) is 0 Å². The minimum Gasteiger partial charge on any atom is -0.453 e. The second-order valence-electron chi connectivity index (χ2n) is 6.56. The van der Waals surface area contributed by atoms with Gasteiger partial charge < -0.3 is 14.7 Å². The summed E-state index contributed by atoms with van der Waals surface area (Å²) in [6.45, 7) is 2.52. The number of aryl methyl sites for hydroxylation is 1. The standard InChI is InChI=1S/C19H23NO3/c1-14-5-3-6-15(13-14)9-10-19(22)11-12-20(18(21)23-2)17-8-4-7-16(17)19/h3,5-6,13,16-17,22H,4,7-8,11-12H2,1-2H3/t16-,17+,19?/m0/s1. The van der Waals surface area contributed by atoms with E-state index in [1.165, 1.54) is 7.11 Å². The highest BCUT2D eigenvalue weighted by Crippen LogP contribution is 2.42. The largest absolute Gasteiger partial charge is 0.453 e. The minimum atomic E-state index is -1.02. The first-order valence-electron chi connectivity index (χ1n) is 8.20. The highest BCUT2D eigenvalue weighted by atomic mass is 16.5. The van der Waals surface area contributed by atoms with Gasteiger partial charge in [0, 0.05) is 30.5 Å². The maximum Gasteiger partial charge on any atom is 0.409 e. The van der Waals surface area contributed by atoms with Crippen molar-refractivity contribution in [1.29, 1.82) is 0 Å². The maximum atomic E-state index is 11.9. The second kappa shape index (κ2) is 6.25. The van der Waals surface area contributed by atoms with E-state index < -0.39 is 5.60 Å². The van der Waals surface area contributed by atoms with Gasteiger partial charge in [-0.2, -0.15) is 0 Å². The van der Waals surface area contributed by atoms with E-state index in [-0.39, 0.29) is 18.1 Å². The van der Waals surface area contributed by atoms with E-state index >= 15 is 0 Å². The van der Waals surface area contributed by atoms with Crippen LogP contribution in [0.25, 0.3) is 0 Å². The van der Waals surface area contributed by atoms with Crippen LogP contribution in [0.1, 0.15) is 36.8 Å². The normalized spacial score (nSPS) is 29.4. The van der Waals surface area contributed by atoms with E-state index in [1.807, 2.05) is 31.2 Å². The van der Waals surface area contributed by atoms with Gasteiger partial charge >= 0.3 is 6.09 Å². The van der Waals surface area contributed by atoms with Crippen molar-refractivity contribution in [2.75, 3.05) is 13.7 Å². The third kappa shape index (κ3) is 3.07. The molecule has 122 valence electrons. The van der Waals surface area contributed by atoms with Crippen molar-refractivity contribution in [3.05, 3.63) is 35.4 Å². The average Bonchev–Trinajstić information content (AvgIpc) is 3.04. The zero-order valence-electron chi connectivity index (χ0n) is 13.7. The number of amides is 1. The van der Waals surface area contributed by atoms with E-state index in [0.717, 1.165) is 30.4 Å². The lowest BCUT2D eigenvalue weighted by atomic mass is 9.77. The van der Waals surface area contributed by atoms with Crippen molar-refractivity contribution < 1.29 is 14.6 Å². The molecule has 1 unspecified atom stereocenters. The highest BCUT2D eigenvalue weighted by Gasteiger charge is 2.50. The molecule has 23 heavy (non-hydrogen) atoms. The molecule has 1 N–H and O–H groups in total. The van der Waals surface area contributed by atoms with Crippen molar-refractivity contribution in [1.82, 2.24) is 4.90 Å². The molecule has 3 atom stereocenters. The fraction of sp³-hybridized carbons (Fsp3) is 0.526. The van der Waals surface area contributed by atoms with Crippen molar-refractivity contribution >= 4 is 6.09 Å². The second-order valence-corrected chi connectivity index (χ2v) is 6.56. The first-order valence-corrected chi connectivity index (χ1v) is 8.20. The molecule has 1 saturated heterocycles. The van der Waals surface area contributed by atoms with Gasteiger partial charge in [-0.3, -0.25) is 0 Å². The molecule has 1 amide bonds. The van der Waals surface area contributed by atoms with Crippen LogP contribution in [0.2, 0.25) is 0 Å². The number of nitrogens with zero attached hydrogens (tertiary/aromatic N) is 1. The molecule has 1 saturated carbocycles. The van der Waals surface area contributed by atoms with Crippen molar-refractivity contribution in [2.45, 2.75) is 44.2 Å². The lowest BCUT2D eigenvalue weighted by Gasteiger charge is -2.44. The number of carbonyl (C=O) groups excluding carboxylic acids is 1. The summed E-state index contributed by atoms with van der Waals surface area (Å²) in [6.07, 6.45) is 3.00. The summed E-state index contributed by atoms with van der Waals surface area (Å²) < 4.78 is 4.88. The van der Waals surface area contributed by atoms with Crippen LogP contribution in [0.15, 0.2) is 24.3 Å². The van der Waals surface area contributed by atoms with Gasteiger partial charge in [0.2, 0.25) is 0 Å². The average molecular weight is 313 g/mol. The predicted octanol–water partition coefficient (Wildman–Crippen LogP) is 2.72. The van der Waals surface area contributed by atoms with Gasteiger partial charge in [-0.05, 0) is 37.5 Å². The van der Waals surface area contributed by atoms with Gasteiger partial charge in [-0.1, -0.05) is 30.4 Å². The highest BCUT2D eigenvalue weighted by molar-refractivity contribution is 5.68. The number of rotatable bonds is 0. The molecule has 2 fully saturated rings. The first-order chi connectivity index (χ1) is 11.0. The van der Waals surface area contributed by atoms with E-state index in [0.29, 0.717) is 13.0 Å². The predicted molar refractivity (Wildman–Crippen MR) is 87.9 cm³/mol. The van der Waals surface area contributed by atoms with Crippen LogP contribution in [-0.4, -0.2) is 41.4 Å². The monoisotopic (exact) mass is 313 g/mol. The summed E-state index contributed by atoms with van der Waals surface area (Å²) in [5.74, 6) is 6.26. The molecule has 0 bridgehead atoms. The molecule has 0 radical (unpaired) electrons. The van der Waals surface area contributed by atoms with Crippen LogP contribution in [0.3, 0.4) is 0 Å². The SMILES string of the molecule is COC(=O)N1CCC(O)(C#Cc2cccc(C)c2)[C@H]2CCC[C@H]21. The maximum absolute atomic E-state index is 11.9. The van der Waals surface area contributed by atoms with Gasteiger partial charge in [-0.15, -0.1) is 0 Å². The number of piperidine rings is 1. The molecule has 1 aliphatic heterocycles. The van der Waals surface area contributed by atoms with Gasteiger partial charge in [-0.25, -0.2) is 4.79 Å². The third-order valence-corrected chi connectivity index (χ3v) is 5.08. The fourth-order valence-corrected chi connectivity index (χ4v) is 3.92. The summed E-state index contributed by atoms with van der Waals surface area (Å²) in [7, 11) is 1.41. The van der Waals surface area contributed by atoms with Crippen molar-refractivity contribution in [2.24, 2.45) is 5.92 Å². The zero-order chi connectivity index (χ0) is 16.4. The van der Waals surface area contributed by atoms with Crippen molar-refractivity contribution in [3.8, 4) is 11.8 Å². The number of aliphatic hydroxyl groups is 1. The number of fused-ring (bicyclic) bond motifs is 1.